The van der Waals surface area contributed by atoms with E-state index in [1.807, 2.05) is 24.3 Å². The van der Waals surface area contributed by atoms with Crippen LogP contribution in [0, 0.1) is 0 Å². The van der Waals surface area contributed by atoms with Gasteiger partial charge in [0.1, 0.15) is 12.4 Å². The van der Waals surface area contributed by atoms with Crippen LogP contribution in [-0.4, -0.2) is 30.9 Å². The molecule has 0 aromatic heterocycles. The van der Waals surface area contributed by atoms with Gasteiger partial charge in [-0.05, 0) is 58.0 Å². The van der Waals surface area contributed by atoms with Crippen LogP contribution in [0.2, 0.25) is 0 Å². The topological polar surface area (TPSA) is 55.8 Å². The van der Waals surface area contributed by atoms with Crippen LogP contribution in [0.4, 0.5) is 0 Å². The summed E-state index contributed by atoms with van der Waals surface area (Å²) in [4.78, 5) is 11.1. The highest BCUT2D eigenvalue weighted by molar-refractivity contribution is 6.02. The Morgan fingerprint density at radius 1 is 0.867 bits per heavy atom. The van der Waals surface area contributed by atoms with Crippen LogP contribution in [0.5, 0.6) is 5.75 Å². The molecule has 152 valence electrons. The van der Waals surface area contributed by atoms with Crippen LogP contribution in [0.25, 0.3) is 16.7 Å². The van der Waals surface area contributed by atoms with Gasteiger partial charge in [0.25, 0.3) is 0 Å². The minimum Gasteiger partial charge on any atom is -0.489 e. The lowest BCUT2D eigenvalue weighted by atomic mass is 9.99. The van der Waals surface area contributed by atoms with Crippen molar-refractivity contribution in [3.8, 4) is 16.9 Å². The predicted molar refractivity (Wildman–Crippen MR) is 118 cm³/mol. The normalized spacial score (nSPS) is 12.8. The van der Waals surface area contributed by atoms with Crippen molar-refractivity contribution in [3.05, 3.63) is 95.1 Å². The van der Waals surface area contributed by atoms with Gasteiger partial charge in [-0.25, -0.2) is 4.79 Å². The lowest BCUT2D eigenvalue weighted by Gasteiger charge is -2.13. The monoisotopic (exact) mass is 400 g/mol. The second-order valence-corrected chi connectivity index (χ2v) is 7.45. The fourth-order valence-corrected chi connectivity index (χ4v) is 3.95. The number of hydrogen-bond acceptors (Lipinski definition) is 3. The van der Waals surface area contributed by atoms with Crippen molar-refractivity contribution in [1.29, 1.82) is 0 Å². The van der Waals surface area contributed by atoms with Crippen molar-refractivity contribution in [1.82, 2.24) is 0 Å². The summed E-state index contributed by atoms with van der Waals surface area (Å²) in [5.41, 5.74) is 8.31. The number of fused-ring (bicyclic) bond motifs is 3. The van der Waals surface area contributed by atoms with Gasteiger partial charge < -0.3 is 14.6 Å². The quantitative estimate of drug-likeness (QED) is 0.463. The van der Waals surface area contributed by atoms with Gasteiger partial charge >= 0.3 is 5.97 Å². The third-order valence-electron chi connectivity index (χ3n) is 5.47. The first kappa shape index (κ1) is 19.9. The summed E-state index contributed by atoms with van der Waals surface area (Å²) in [5, 5.41) is 9.12. The maximum absolute atomic E-state index is 11.1. The number of rotatable bonds is 7. The van der Waals surface area contributed by atoms with E-state index in [9.17, 15) is 4.79 Å². The molecule has 1 atom stereocenters. The smallest absolute Gasteiger partial charge is 0.333 e. The van der Waals surface area contributed by atoms with E-state index in [0.29, 0.717) is 13.0 Å². The number of methoxy groups -OCH3 is 1. The Hall–Kier alpha value is -3.37. The molecule has 4 heteroatoms. The molecule has 0 saturated heterocycles. The number of carboxylic acid groups (broad SMARTS) is 1. The van der Waals surface area contributed by atoms with Gasteiger partial charge in [0, 0.05) is 13.5 Å². The van der Waals surface area contributed by atoms with Crippen molar-refractivity contribution in [2.45, 2.75) is 19.4 Å². The lowest BCUT2D eigenvalue weighted by molar-refractivity contribution is -0.148. The van der Waals surface area contributed by atoms with Gasteiger partial charge in [0.05, 0.1) is 0 Å². The largest absolute Gasteiger partial charge is 0.489 e. The maximum atomic E-state index is 11.1. The molecule has 0 amide bonds. The number of hydrogen-bond donors (Lipinski definition) is 1. The van der Waals surface area contributed by atoms with Crippen LogP contribution in [0.3, 0.4) is 0 Å². The molecule has 0 saturated carbocycles. The van der Waals surface area contributed by atoms with Crippen molar-refractivity contribution in [3.63, 3.8) is 0 Å². The zero-order chi connectivity index (χ0) is 21.1. The van der Waals surface area contributed by atoms with Crippen LogP contribution in [0.1, 0.15) is 23.6 Å². The maximum Gasteiger partial charge on any atom is 0.333 e. The van der Waals surface area contributed by atoms with E-state index in [0.717, 1.165) is 11.3 Å². The van der Waals surface area contributed by atoms with E-state index < -0.39 is 12.1 Å². The average molecular weight is 400 g/mol. The molecule has 0 heterocycles. The molecule has 4 rings (SSSR count). The molecule has 1 N–H and O–H groups in total. The molecule has 1 unspecified atom stereocenters. The van der Waals surface area contributed by atoms with Crippen molar-refractivity contribution < 1.29 is 19.4 Å². The van der Waals surface area contributed by atoms with Crippen LogP contribution >= 0.6 is 0 Å². The SMILES string of the molecule is COC(Cc1ccc(OCC(C)=C2c3ccccc3-c3ccccc32)cc1)C(=O)O. The Bertz CT molecular complexity index is 1050. The third-order valence-corrected chi connectivity index (χ3v) is 5.47. The molecular formula is C26H24O4. The highest BCUT2D eigenvalue weighted by Crippen LogP contribution is 2.45. The molecule has 1 aliphatic carbocycles. The minimum atomic E-state index is -0.961. The van der Waals surface area contributed by atoms with E-state index in [1.54, 1.807) is 0 Å². The number of benzene rings is 3. The average Bonchev–Trinajstić information content (AvgIpc) is 3.11. The summed E-state index contributed by atoms with van der Waals surface area (Å²) >= 11 is 0. The number of ether oxygens (including phenoxy) is 2. The van der Waals surface area contributed by atoms with Gasteiger partial charge in [-0.3, -0.25) is 0 Å². The first-order chi connectivity index (χ1) is 14.6. The van der Waals surface area contributed by atoms with Gasteiger partial charge in [-0.15, -0.1) is 0 Å². The first-order valence-corrected chi connectivity index (χ1v) is 9.94. The molecule has 0 bridgehead atoms. The van der Waals surface area contributed by atoms with Crippen LogP contribution in [-0.2, 0) is 16.0 Å². The fraction of sp³-hybridized carbons (Fsp3) is 0.192. The summed E-state index contributed by atoms with van der Waals surface area (Å²) in [5.74, 6) is -0.209. The lowest BCUT2D eigenvalue weighted by Crippen LogP contribution is -2.24. The van der Waals surface area contributed by atoms with Gasteiger partial charge in [-0.2, -0.15) is 0 Å². The van der Waals surface area contributed by atoms with Crippen molar-refractivity contribution in [2.75, 3.05) is 13.7 Å². The standard InChI is InChI=1S/C26H24O4/c1-17(16-30-19-13-11-18(12-14-19)15-24(29-2)26(27)28)25-22-9-5-3-7-20(22)21-8-4-6-10-23(21)25/h3-14,24H,15-16H2,1-2H3,(H,27,28). The summed E-state index contributed by atoms with van der Waals surface area (Å²) in [7, 11) is 1.41. The van der Waals surface area contributed by atoms with Crippen molar-refractivity contribution >= 4 is 11.5 Å². The molecule has 30 heavy (non-hydrogen) atoms. The summed E-state index contributed by atoms with van der Waals surface area (Å²) < 4.78 is 11.0. The zero-order valence-corrected chi connectivity index (χ0v) is 17.1. The molecule has 4 nitrogen and oxygen atoms in total. The molecule has 0 radical (unpaired) electrons. The first-order valence-electron chi connectivity index (χ1n) is 9.94. The Kier molecular flexibility index (Phi) is 5.68. The molecule has 0 fully saturated rings. The van der Waals surface area contributed by atoms with Gasteiger partial charge in [0.15, 0.2) is 6.10 Å². The van der Waals surface area contributed by atoms with Crippen molar-refractivity contribution in [2.24, 2.45) is 0 Å². The summed E-state index contributed by atoms with van der Waals surface area (Å²) in [6, 6.07) is 24.5. The molecule has 0 spiro atoms. The summed E-state index contributed by atoms with van der Waals surface area (Å²) in [6.07, 6.45) is -0.519. The minimum absolute atomic E-state index is 0.322. The highest BCUT2D eigenvalue weighted by Gasteiger charge is 2.24. The van der Waals surface area contributed by atoms with E-state index in [4.69, 9.17) is 14.6 Å². The van der Waals surface area contributed by atoms with Crippen LogP contribution < -0.4 is 4.74 Å². The zero-order valence-electron chi connectivity index (χ0n) is 17.1. The van der Waals surface area contributed by atoms with E-state index in [1.165, 1.54) is 40.5 Å². The predicted octanol–water partition coefficient (Wildman–Crippen LogP) is 5.21. The highest BCUT2D eigenvalue weighted by atomic mass is 16.5. The molecule has 3 aromatic rings. The second kappa shape index (κ2) is 8.56. The third kappa shape index (κ3) is 3.87. The van der Waals surface area contributed by atoms with E-state index in [-0.39, 0.29) is 0 Å². The Balaban J connectivity index is 1.52. The number of carboxylic acids is 1. The second-order valence-electron chi connectivity index (χ2n) is 7.45. The fourth-order valence-electron chi connectivity index (χ4n) is 3.95. The van der Waals surface area contributed by atoms with E-state index >= 15 is 0 Å². The Labute approximate surface area is 176 Å². The summed E-state index contributed by atoms with van der Waals surface area (Å²) in [6.45, 7) is 2.59. The van der Waals surface area contributed by atoms with Crippen LogP contribution in [0.15, 0.2) is 78.4 Å². The Morgan fingerprint density at radius 2 is 1.40 bits per heavy atom. The van der Waals surface area contributed by atoms with E-state index in [2.05, 4.69) is 55.5 Å². The molecule has 1 aliphatic rings. The molecular weight excluding hydrogens is 376 g/mol. The molecule has 0 aliphatic heterocycles. The van der Waals surface area contributed by atoms with Gasteiger partial charge in [-0.1, -0.05) is 60.7 Å². The number of carbonyl (C=O) groups is 1. The van der Waals surface area contributed by atoms with Gasteiger partial charge in [0.2, 0.25) is 0 Å². The Morgan fingerprint density at radius 3 is 1.90 bits per heavy atom. The molecule has 3 aromatic carbocycles. The number of aliphatic carboxylic acids is 1.